The number of fused-ring (bicyclic) bond motifs is 2. The minimum atomic E-state index is -0.198. The Kier molecular flexibility index (Phi) is 4.24. The number of ether oxygens (including phenoxy) is 2. The Morgan fingerprint density at radius 1 is 1.23 bits per heavy atom. The van der Waals surface area contributed by atoms with E-state index in [1.807, 2.05) is 0 Å². The standard InChI is InChI=1S/C20H20N2O4/c1-25-17-8-13-4-2-3-12(13)7-15(17)10-21-20(24)14-5-6-16-18(9-14)26-11-19(23)22-16/h5-9H,2-4,10-11H2,1H3,(H,21,24)(H,22,23). The second-order valence-electron chi connectivity index (χ2n) is 6.52. The Morgan fingerprint density at radius 2 is 2.04 bits per heavy atom. The number of methoxy groups -OCH3 is 1. The molecule has 0 aromatic heterocycles. The van der Waals surface area contributed by atoms with Crippen LogP contribution in [0, 0.1) is 0 Å². The lowest BCUT2D eigenvalue weighted by atomic mass is 10.0. The zero-order chi connectivity index (χ0) is 18.1. The predicted octanol–water partition coefficient (Wildman–Crippen LogP) is 2.44. The minimum Gasteiger partial charge on any atom is -0.496 e. The Morgan fingerprint density at radius 3 is 2.85 bits per heavy atom. The molecule has 0 bridgehead atoms. The van der Waals surface area contributed by atoms with Crippen LogP contribution in [0.25, 0.3) is 0 Å². The van der Waals surface area contributed by atoms with Crippen LogP contribution in [0.5, 0.6) is 11.5 Å². The Balaban J connectivity index is 1.48. The van der Waals surface area contributed by atoms with Crippen molar-refractivity contribution in [1.29, 1.82) is 0 Å². The third kappa shape index (κ3) is 3.10. The zero-order valence-electron chi connectivity index (χ0n) is 14.6. The van der Waals surface area contributed by atoms with Crippen LogP contribution in [0.3, 0.4) is 0 Å². The number of anilines is 1. The fraction of sp³-hybridized carbons (Fsp3) is 0.300. The van der Waals surface area contributed by atoms with Gasteiger partial charge in [0, 0.05) is 17.7 Å². The van der Waals surface area contributed by atoms with Crippen LogP contribution in [-0.4, -0.2) is 25.5 Å². The van der Waals surface area contributed by atoms with E-state index in [2.05, 4.69) is 22.8 Å². The molecular formula is C20H20N2O4. The Bertz CT molecular complexity index is 892. The summed E-state index contributed by atoms with van der Waals surface area (Å²) in [5.41, 5.74) is 4.72. The molecule has 0 radical (unpaired) electrons. The van der Waals surface area contributed by atoms with E-state index in [1.54, 1.807) is 25.3 Å². The van der Waals surface area contributed by atoms with Crippen molar-refractivity contribution in [2.75, 3.05) is 19.0 Å². The first-order valence-corrected chi connectivity index (χ1v) is 8.67. The average Bonchev–Trinajstić information content (AvgIpc) is 3.12. The molecule has 2 aliphatic rings. The second kappa shape index (κ2) is 6.71. The topological polar surface area (TPSA) is 76.7 Å². The van der Waals surface area contributed by atoms with Crippen LogP contribution >= 0.6 is 0 Å². The molecule has 134 valence electrons. The van der Waals surface area contributed by atoms with Crippen LogP contribution in [0.15, 0.2) is 30.3 Å². The van der Waals surface area contributed by atoms with E-state index < -0.39 is 0 Å². The van der Waals surface area contributed by atoms with Gasteiger partial charge in [-0.3, -0.25) is 9.59 Å². The van der Waals surface area contributed by atoms with Crippen molar-refractivity contribution in [1.82, 2.24) is 5.32 Å². The number of benzene rings is 2. The van der Waals surface area contributed by atoms with Crippen molar-refractivity contribution >= 4 is 17.5 Å². The van der Waals surface area contributed by atoms with Crippen LogP contribution in [-0.2, 0) is 24.2 Å². The van der Waals surface area contributed by atoms with Crippen LogP contribution in [0.4, 0.5) is 5.69 Å². The van der Waals surface area contributed by atoms with Crippen LogP contribution in [0.2, 0.25) is 0 Å². The summed E-state index contributed by atoms with van der Waals surface area (Å²) in [6, 6.07) is 9.20. The number of hydrogen-bond donors (Lipinski definition) is 2. The molecule has 1 heterocycles. The number of rotatable bonds is 4. The molecular weight excluding hydrogens is 332 g/mol. The highest BCUT2D eigenvalue weighted by Crippen LogP contribution is 2.30. The summed E-state index contributed by atoms with van der Waals surface area (Å²) >= 11 is 0. The maximum Gasteiger partial charge on any atom is 0.262 e. The Labute approximate surface area is 151 Å². The van der Waals surface area contributed by atoms with Gasteiger partial charge in [-0.1, -0.05) is 6.07 Å². The normalized spacial score (nSPS) is 14.7. The number of nitrogens with one attached hydrogen (secondary N) is 2. The predicted molar refractivity (Wildman–Crippen MR) is 96.8 cm³/mol. The van der Waals surface area contributed by atoms with E-state index in [1.165, 1.54) is 17.5 Å². The van der Waals surface area contributed by atoms with E-state index >= 15 is 0 Å². The number of aryl methyl sites for hydroxylation is 2. The smallest absolute Gasteiger partial charge is 0.262 e. The van der Waals surface area contributed by atoms with Crippen LogP contribution < -0.4 is 20.1 Å². The highest BCUT2D eigenvalue weighted by molar-refractivity contribution is 5.99. The maximum atomic E-state index is 12.5. The second-order valence-corrected chi connectivity index (χ2v) is 6.52. The molecule has 0 unspecified atom stereocenters. The molecule has 0 saturated carbocycles. The number of amides is 2. The lowest BCUT2D eigenvalue weighted by Crippen LogP contribution is -2.26. The molecule has 0 atom stereocenters. The molecule has 4 rings (SSSR count). The zero-order valence-corrected chi connectivity index (χ0v) is 14.6. The van der Waals surface area contributed by atoms with Gasteiger partial charge in [0.2, 0.25) is 0 Å². The lowest BCUT2D eigenvalue weighted by Gasteiger charge is -2.18. The molecule has 6 heteroatoms. The molecule has 1 aliphatic carbocycles. The van der Waals surface area contributed by atoms with E-state index in [-0.39, 0.29) is 18.4 Å². The molecule has 0 fully saturated rings. The summed E-state index contributed by atoms with van der Waals surface area (Å²) in [5, 5.41) is 5.65. The van der Waals surface area contributed by atoms with Gasteiger partial charge in [0.15, 0.2) is 6.61 Å². The molecule has 0 spiro atoms. The SMILES string of the molecule is COc1cc2c(cc1CNC(=O)c1ccc3c(c1)OCC(=O)N3)CCC2. The third-order valence-corrected chi connectivity index (χ3v) is 4.81. The van der Waals surface area contributed by atoms with E-state index in [0.29, 0.717) is 23.5 Å². The van der Waals surface area contributed by atoms with Gasteiger partial charge < -0.3 is 20.1 Å². The van der Waals surface area contributed by atoms with Crippen molar-refractivity contribution in [2.24, 2.45) is 0 Å². The summed E-state index contributed by atoms with van der Waals surface area (Å²) < 4.78 is 10.8. The van der Waals surface area contributed by atoms with Crippen molar-refractivity contribution in [3.05, 3.63) is 52.6 Å². The van der Waals surface area contributed by atoms with Crippen molar-refractivity contribution in [3.8, 4) is 11.5 Å². The summed E-state index contributed by atoms with van der Waals surface area (Å²) in [6.07, 6.45) is 3.33. The summed E-state index contributed by atoms with van der Waals surface area (Å²) in [6.45, 7) is 0.356. The third-order valence-electron chi connectivity index (χ3n) is 4.81. The first-order chi connectivity index (χ1) is 12.6. The van der Waals surface area contributed by atoms with Gasteiger partial charge in [-0.15, -0.1) is 0 Å². The van der Waals surface area contributed by atoms with Gasteiger partial charge in [0.05, 0.1) is 12.8 Å². The van der Waals surface area contributed by atoms with E-state index in [9.17, 15) is 9.59 Å². The number of carbonyl (C=O) groups is 2. The van der Waals surface area contributed by atoms with Crippen molar-refractivity contribution in [3.63, 3.8) is 0 Å². The molecule has 6 nitrogen and oxygen atoms in total. The molecule has 2 N–H and O–H groups in total. The number of hydrogen-bond acceptors (Lipinski definition) is 4. The fourth-order valence-electron chi connectivity index (χ4n) is 3.47. The van der Waals surface area contributed by atoms with Gasteiger partial charge in [0.1, 0.15) is 11.5 Å². The molecule has 1 aliphatic heterocycles. The molecule has 0 saturated heterocycles. The van der Waals surface area contributed by atoms with Gasteiger partial charge in [-0.2, -0.15) is 0 Å². The molecule has 26 heavy (non-hydrogen) atoms. The molecule has 2 aromatic carbocycles. The quantitative estimate of drug-likeness (QED) is 0.886. The number of carbonyl (C=O) groups excluding carboxylic acids is 2. The van der Waals surface area contributed by atoms with Gasteiger partial charge in [-0.05, 0) is 54.7 Å². The minimum absolute atomic E-state index is 0.0373. The van der Waals surface area contributed by atoms with E-state index in [0.717, 1.165) is 24.2 Å². The molecule has 2 amide bonds. The monoisotopic (exact) mass is 352 g/mol. The summed E-state index contributed by atoms with van der Waals surface area (Å²) in [4.78, 5) is 23.8. The first-order valence-electron chi connectivity index (χ1n) is 8.67. The largest absolute Gasteiger partial charge is 0.496 e. The molecule has 2 aromatic rings. The van der Waals surface area contributed by atoms with Crippen molar-refractivity contribution < 1.29 is 19.1 Å². The van der Waals surface area contributed by atoms with Gasteiger partial charge >= 0.3 is 0 Å². The summed E-state index contributed by atoms with van der Waals surface area (Å²) in [7, 11) is 1.65. The van der Waals surface area contributed by atoms with Crippen LogP contribution in [0.1, 0.15) is 33.5 Å². The average molecular weight is 352 g/mol. The maximum absolute atomic E-state index is 12.5. The lowest BCUT2D eigenvalue weighted by molar-refractivity contribution is -0.118. The van der Waals surface area contributed by atoms with Gasteiger partial charge in [0.25, 0.3) is 11.8 Å². The highest BCUT2D eigenvalue weighted by atomic mass is 16.5. The highest BCUT2D eigenvalue weighted by Gasteiger charge is 2.19. The fourth-order valence-corrected chi connectivity index (χ4v) is 3.47. The summed E-state index contributed by atoms with van der Waals surface area (Å²) in [5.74, 6) is 0.920. The Hall–Kier alpha value is -3.02. The van der Waals surface area contributed by atoms with Crippen molar-refractivity contribution in [2.45, 2.75) is 25.8 Å². The van der Waals surface area contributed by atoms with E-state index in [4.69, 9.17) is 9.47 Å². The first kappa shape index (κ1) is 16.4. The van der Waals surface area contributed by atoms with Gasteiger partial charge in [-0.25, -0.2) is 0 Å².